The Balaban J connectivity index is 1.28. The third-order valence-corrected chi connectivity index (χ3v) is 5.43. The number of carbonyl (C=O) groups excluding carboxylic acids is 1. The number of hydrogen-bond donors (Lipinski definition) is 0. The van der Waals surface area contributed by atoms with Crippen LogP contribution in [0.25, 0.3) is 0 Å². The van der Waals surface area contributed by atoms with E-state index in [2.05, 4.69) is 25.8 Å². The summed E-state index contributed by atoms with van der Waals surface area (Å²) < 4.78 is 7.47. The van der Waals surface area contributed by atoms with Crippen molar-refractivity contribution in [3.63, 3.8) is 0 Å². The topological polar surface area (TPSA) is 53.8 Å². The summed E-state index contributed by atoms with van der Waals surface area (Å²) in [6.45, 7) is 9.13. The van der Waals surface area contributed by atoms with E-state index in [1.165, 1.54) is 0 Å². The van der Waals surface area contributed by atoms with E-state index in [9.17, 15) is 4.79 Å². The number of rotatable bonds is 5. The van der Waals surface area contributed by atoms with Crippen LogP contribution in [-0.2, 0) is 9.53 Å². The fourth-order valence-corrected chi connectivity index (χ4v) is 3.93. The van der Waals surface area contributed by atoms with Gasteiger partial charge in [-0.05, 0) is 12.8 Å². The van der Waals surface area contributed by atoms with E-state index in [0.29, 0.717) is 12.5 Å². The molecule has 1 aromatic rings. The van der Waals surface area contributed by atoms with Crippen molar-refractivity contribution in [3.8, 4) is 0 Å². The molecule has 0 saturated carbocycles. The molecule has 1 atom stereocenters. The number of ether oxygens (including phenoxy) is 1. The van der Waals surface area contributed by atoms with Gasteiger partial charge in [-0.15, -0.1) is 0 Å². The highest BCUT2D eigenvalue weighted by atomic mass is 16.5. The van der Waals surface area contributed by atoms with Crippen LogP contribution in [0.4, 0.5) is 5.69 Å². The Bertz CT molecular complexity index is 569. The van der Waals surface area contributed by atoms with Crippen LogP contribution in [0.5, 0.6) is 0 Å². The second kappa shape index (κ2) is 7.21. The molecule has 7 heteroatoms. The largest absolute Gasteiger partial charge is 0.379 e. The number of likely N-dealkylation sites (tertiary alicyclic amines) is 1. The minimum Gasteiger partial charge on any atom is -0.379 e. The maximum absolute atomic E-state index is 11.9. The number of hydrogen-bond acceptors (Lipinski definition) is 5. The molecule has 0 spiro atoms. The van der Waals surface area contributed by atoms with E-state index in [-0.39, 0.29) is 5.91 Å². The van der Waals surface area contributed by atoms with E-state index in [4.69, 9.17) is 4.74 Å². The zero-order chi connectivity index (χ0) is 16.4. The molecule has 0 N–H and O–H groups in total. The van der Waals surface area contributed by atoms with Gasteiger partial charge < -0.3 is 9.64 Å². The summed E-state index contributed by atoms with van der Waals surface area (Å²) in [6, 6.07) is 0.432. The fraction of sp³-hybridized carbons (Fsp3) is 0.765. The molecular weight excluding hydrogens is 306 g/mol. The first-order valence-corrected chi connectivity index (χ1v) is 9.16. The number of anilines is 1. The van der Waals surface area contributed by atoms with E-state index in [1.54, 1.807) is 0 Å². The van der Waals surface area contributed by atoms with Gasteiger partial charge in [0.05, 0.1) is 31.1 Å². The standard InChI is InChI=1S/C17H27N5O2/c23-17-2-1-4-21(17)16-12-18-22(14-16)15-3-5-20(13-15)7-6-19-8-10-24-11-9-19/h12,14-15H,1-11,13H2. The van der Waals surface area contributed by atoms with Crippen molar-refractivity contribution in [2.45, 2.75) is 25.3 Å². The molecule has 3 aliphatic heterocycles. The normalized spacial score (nSPS) is 26.6. The summed E-state index contributed by atoms with van der Waals surface area (Å²) >= 11 is 0. The average Bonchev–Trinajstić information content (AvgIpc) is 3.33. The Morgan fingerprint density at radius 1 is 1.12 bits per heavy atom. The zero-order valence-electron chi connectivity index (χ0n) is 14.3. The zero-order valence-corrected chi connectivity index (χ0v) is 14.3. The Morgan fingerprint density at radius 3 is 2.75 bits per heavy atom. The molecule has 0 radical (unpaired) electrons. The molecule has 4 rings (SSSR count). The van der Waals surface area contributed by atoms with Crippen molar-refractivity contribution in [2.24, 2.45) is 0 Å². The molecule has 3 saturated heterocycles. The van der Waals surface area contributed by atoms with Gasteiger partial charge in [0.15, 0.2) is 0 Å². The van der Waals surface area contributed by atoms with Crippen LogP contribution in [0.3, 0.4) is 0 Å². The Kier molecular flexibility index (Phi) is 4.82. The molecule has 1 unspecified atom stereocenters. The minimum atomic E-state index is 0.230. The molecule has 132 valence electrons. The lowest BCUT2D eigenvalue weighted by Gasteiger charge is -2.28. The molecule has 3 aliphatic rings. The quantitative estimate of drug-likeness (QED) is 0.789. The Hall–Kier alpha value is -1.44. The molecular formula is C17H27N5O2. The monoisotopic (exact) mass is 333 g/mol. The van der Waals surface area contributed by atoms with Gasteiger partial charge in [0.2, 0.25) is 5.91 Å². The van der Waals surface area contributed by atoms with Gasteiger partial charge >= 0.3 is 0 Å². The van der Waals surface area contributed by atoms with Crippen molar-refractivity contribution in [1.82, 2.24) is 19.6 Å². The maximum Gasteiger partial charge on any atom is 0.227 e. The number of amides is 1. The fourth-order valence-electron chi connectivity index (χ4n) is 3.93. The van der Waals surface area contributed by atoms with Gasteiger partial charge in [-0.1, -0.05) is 0 Å². The predicted octanol–water partition coefficient (Wildman–Crippen LogP) is 0.589. The molecule has 1 amide bonds. The first-order valence-electron chi connectivity index (χ1n) is 9.16. The first-order chi connectivity index (χ1) is 11.8. The smallest absolute Gasteiger partial charge is 0.227 e. The van der Waals surface area contributed by atoms with Crippen LogP contribution in [-0.4, -0.2) is 84.5 Å². The Morgan fingerprint density at radius 2 is 1.96 bits per heavy atom. The average molecular weight is 333 g/mol. The van der Waals surface area contributed by atoms with Crippen LogP contribution in [0.2, 0.25) is 0 Å². The van der Waals surface area contributed by atoms with Gasteiger partial charge in [-0.2, -0.15) is 5.10 Å². The molecule has 0 aliphatic carbocycles. The van der Waals surface area contributed by atoms with Crippen molar-refractivity contribution in [1.29, 1.82) is 0 Å². The van der Waals surface area contributed by atoms with E-state index >= 15 is 0 Å². The van der Waals surface area contributed by atoms with Crippen LogP contribution in [0.15, 0.2) is 12.4 Å². The summed E-state index contributed by atoms with van der Waals surface area (Å²) in [4.78, 5) is 18.7. The molecule has 0 bridgehead atoms. The van der Waals surface area contributed by atoms with Crippen LogP contribution in [0, 0.1) is 0 Å². The number of nitrogens with zero attached hydrogens (tertiary/aromatic N) is 5. The van der Waals surface area contributed by atoms with Crippen LogP contribution < -0.4 is 4.90 Å². The second-order valence-electron chi connectivity index (χ2n) is 7.02. The molecule has 24 heavy (non-hydrogen) atoms. The van der Waals surface area contributed by atoms with Crippen molar-refractivity contribution in [2.75, 3.05) is 63.9 Å². The number of morpholine rings is 1. The second-order valence-corrected chi connectivity index (χ2v) is 7.02. The van der Waals surface area contributed by atoms with Gasteiger partial charge in [0.1, 0.15) is 0 Å². The molecule has 3 fully saturated rings. The van der Waals surface area contributed by atoms with Gasteiger partial charge in [0, 0.05) is 58.4 Å². The van der Waals surface area contributed by atoms with Crippen LogP contribution in [0.1, 0.15) is 25.3 Å². The highest BCUT2D eigenvalue weighted by molar-refractivity contribution is 5.95. The van der Waals surface area contributed by atoms with Gasteiger partial charge in [-0.3, -0.25) is 19.3 Å². The summed E-state index contributed by atoms with van der Waals surface area (Å²) in [5.74, 6) is 0.230. The van der Waals surface area contributed by atoms with E-state index in [1.807, 2.05) is 11.1 Å². The van der Waals surface area contributed by atoms with Crippen molar-refractivity contribution in [3.05, 3.63) is 12.4 Å². The Labute approximate surface area is 143 Å². The summed E-state index contributed by atoms with van der Waals surface area (Å²) in [7, 11) is 0. The van der Waals surface area contributed by atoms with Gasteiger partial charge in [0.25, 0.3) is 0 Å². The number of aromatic nitrogens is 2. The molecule has 1 aromatic heterocycles. The van der Waals surface area contributed by atoms with E-state index < -0.39 is 0 Å². The molecule has 4 heterocycles. The summed E-state index contributed by atoms with van der Waals surface area (Å²) in [6.07, 6.45) is 6.67. The van der Waals surface area contributed by atoms with Crippen molar-refractivity contribution >= 4 is 11.6 Å². The lowest BCUT2D eigenvalue weighted by molar-refractivity contribution is -0.117. The minimum absolute atomic E-state index is 0.230. The third-order valence-electron chi connectivity index (χ3n) is 5.43. The highest BCUT2D eigenvalue weighted by Crippen LogP contribution is 2.25. The van der Waals surface area contributed by atoms with Crippen LogP contribution >= 0.6 is 0 Å². The summed E-state index contributed by atoms with van der Waals surface area (Å²) in [5.41, 5.74) is 0.962. The highest BCUT2D eigenvalue weighted by Gasteiger charge is 2.27. The lowest BCUT2D eigenvalue weighted by atomic mass is 10.3. The van der Waals surface area contributed by atoms with Gasteiger partial charge in [-0.25, -0.2) is 0 Å². The van der Waals surface area contributed by atoms with E-state index in [0.717, 1.165) is 77.6 Å². The van der Waals surface area contributed by atoms with Crippen molar-refractivity contribution < 1.29 is 9.53 Å². The lowest BCUT2D eigenvalue weighted by Crippen LogP contribution is -2.41. The first kappa shape index (κ1) is 16.1. The third kappa shape index (κ3) is 3.48. The summed E-state index contributed by atoms with van der Waals surface area (Å²) in [5, 5.41) is 4.53. The number of carbonyl (C=O) groups is 1. The predicted molar refractivity (Wildman–Crippen MR) is 91.2 cm³/mol. The SMILES string of the molecule is O=C1CCCN1c1cnn(C2CCN(CCN3CCOCC3)C2)c1. The molecule has 0 aromatic carbocycles. The molecule has 7 nitrogen and oxygen atoms in total. The maximum atomic E-state index is 11.9.